The summed E-state index contributed by atoms with van der Waals surface area (Å²) in [6.45, 7) is 1.76. The molecular formula is C9H8O4S2. The fourth-order valence-electron chi connectivity index (χ4n) is 1.46. The molecule has 2 heterocycles. The maximum absolute atomic E-state index is 11.8. The van der Waals surface area contributed by atoms with Gasteiger partial charge in [-0.25, -0.2) is 13.2 Å². The Morgan fingerprint density at radius 2 is 2.20 bits per heavy atom. The Balaban J connectivity index is 2.64. The zero-order valence-electron chi connectivity index (χ0n) is 7.85. The Morgan fingerprint density at radius 1 is 1.53 bits per heavy atom. The van der Waals surface area contributed by atoms with Crippen molar-refractivity contribution in [2.24, 2.45) is 0 Å². The summed E-state index contributed by atoms with van der Waals surface area (Å²) in [6, 6.07) is 1.23. The first-order valence-corrected chi connectivity index (χ1v) is 6.59. The predicted octanol–water partition coefficient (Wildman–Crippen LogP) is 1.98. The molecule has 0 amide bonds. The highest BCUT2D eigenvalue weighted by atomic mass is 32.2. The van der Waals surface area contributed by atoms with Gasteiger partial charge in [-0.2, -0.15) is 0 Å². The molecule has 0 spiro atoms. The first kappa shape index (κ1) is 10.4. The van der Waals surface area contributed by atoms with Crippen LogP contribution in [0.1, 0.15) is 27.9 Å². The van der Waals surface area contributed by atoms with E-state index in [0.29, 0.717) is 16.2 Å². The van der Waals surface area contributed by atoms with E-state index in [9.17, 15) is 13.2 Å². The van der Waals surface area contributed by atoms with Gasteiger partial charge in [-0.3, -0.25) is 0 Å². The van der Waals surface area contributed by atoms with Gasteiger partial charge < -0.3 is 5.11 Å². The van der Waals surface area contributed by atoms with Crippen LogP contribution in [-0.2, 0) is 9.84 Å². The fraction of sp³-hybridized carbons (Fsp3) is 0.222. The summed E-state index contributed by atoms with van der Waals surface area (Å²) in [7, 11) is -3.40. The SMILES string of the molecule is CCC1=Cc2sc(C(=O)O)cc2S1(=O)=O. The largest absolute Gasteiger partial charge is 0.477 e. The summed E-state index contributed by atoms with van der Waals surface area (Å²) < 4.78 is 23.6. The third-order valence-corrected chi connectivity index (χ3v) is 5.42. The summed E-state index contributed by atoms with van der Waals surface area (Å²) in [5, 5.41) is 8.73. The minimum absolute atomic E-state index is 0.0648. The van der Waals surface area contributed by atoms with E-state index in [1.807, 2.05) is 0 Å². The molecule has 0 atom stereocenters. The monoisotopic (exact) mass is 244 g/mol. The number of hydrogen-bond acceptors (Lipinski definition) is 4. The minimum atomic E-state index is -3.40. The summed E-state index contributed by atoms with van der Waals surface area (Å²) in [5.74, 6) is -1.09. The summed E-state index contributed by atoms with van der Waals surface area (Å²) in [5.41, 5.74) is 0. The van der Waals surface area contributed by atoms with E-state index in [0.717, 1.165) is 11.3 Å². The topological polar surface area (TPSA) is 71.4 Å². The second kappa shape index (κ2) is 3.18. The Labute approximate surface area is 90.8 Å². The number of carboxylic acids is 1. The summed E-state index contributed by atoms with van der Waals surface area (Å²) >= 11 is 0.996. The molecule has 0 radical (unpaired) electrons. The lowest BCUT2D eigenvalue weighted by Gasteiger charge is -1.97. The van der Waals surface area contributed by atoms with E-state index in [1.54, 1.807) is 13.0 Å². The molecular weight excluding hydrogens is 236 g/mol. The second-order valence-electron chi connectivity index (χ2n) is 3.11. The van der Waals surface area contributed by atoms with Crippen molar-refractivity contribution in [1.82, 2.24) is 0 Å². The zero-order valence-corrected chi connectivity index (χ0v) is 9.48. The van der Waals surface area contributed by atoms with Gasteiger partial charge in [-0.1, -0.05) is 6.92 Å². The Bertz CT molecular complexity index is 563. The standard InChI is InChI=1S/C9H8O4S2/c1-2-5-3-6-8(15(5,12)13)4-7(14-6)9(10)11/h3-4H,2H2,1H3,(H,10,11). The highest BCUT2D eigenvalue weighted by molar-refractivity contribution is 7.96. The molecule has 0 bridgehead atoms. The first-order valence-electron chi connectivity index (χ1n) is 4.29. The lowest BCUT2D eigenvalue weighted by atomic mass is 10.3. The van der Waals surface area contributed by atoms with Crippen molar-refractivity contribution < 1.29 is 18.3 Å². The third kappa shape index (κ3) is 1.40. The van der Waals surface area contributed by atoms with Crippen LogP contribution in [0.5, 0.6) is 0 Å². The molecule has 0 aliphatic carbocycles. The molecule has 0 saturated carbocycles. The molecule has 1 aromatic rings. The number of aromatic carboxylic acids is 1. The predicted molar refractivity (Wildman–Crippen MR) is 56.7 cm³/mol. The van der Waals surface area contributed by atoms with Gasteiger partial charge in [0.1, 0.15) is 4.88 Å². The lowest BCUT2D eigenvalue weighted by molar-refractivity contribution is 0.0702. The van der Waals surface area contributed by atoms with Crippen LogP contribution in [0, 0.1) is 0 Å². The number of hydrogen-bond donors (Lipinski definition) is 1. The van der Waals surface area contributed by atoms with Crippen LogP contribution in [0.2, 0.25) is 0 Å². The van der Waals surface area contributed by atoms with Gasteiger partial charge >= 0.3 is 5.97 Å². The van der Waals surface area contributed by atoms with Gasteiger partial charge in [-0.05, 0) is 18.6 Å². The van der Waals surface area contributed by atoms with Gasteiger partial charge in [0, 0.05) is 4.88 Å². The van der Waals surface area contributed by atoms with Crippen molar-refractivity contribution in [1.29, 1.82) is 0 Å². The van der Waals surface area contributed by atoms with Crippen molar-refractivity contribution in [3.05, 3.63) is 20.7 Å². The summed E-state index contributed by atoms with van der Waals surface area (Å²) in [4.78, 5) is 11.8. The number of sulfone groups is 1. The molecule has 2 rings (SSSR count). The molecule has 80 valence electrons. The molecule has 0 unspecified atom stereocenters. The quantitative estimate of drug-likeness (QED) is 0.863. The number of allylic oxidation sites excluding steroid dienone is 1. The van der Waals surface area contributed by atoms with E-state index in [-0.39, 0.29) is 9.77 Å². The highest BCUT2D eigenvalue weighted by Gasteiger charge is 2.31. The number of carbonyl (C=O) groups is 1. The van der Waals surface area contributed by atoms with E-state index in [2.05, 4.69) is 0 Å². The van der Waals surface area contributed by atoms with E-state index in [4.69, 9.17) is 5.11 Å². The summed E-state index contributed by atoms with van der Waals surface area (Å²) in [6.07, 6.45) is 1.99. The third-order valence-electron chi connectivity index (χ3n) is 2.21. The maximum Gasteiger partial charge on any atom is 0.345 e. The Hall–Kier alpha value is -1.14. The molecule has 1 aliphatic rings. The number of rotatable bonds is 2. The van der Waals surface area contributed by atoms with Gasteiger partial charge in [0.05, 0.1) is 9.80 Å². The molecule has 1 N–H and O–H groups in total. The molecule has 1 aliphatic heterocycles. The zero-order chi connectivity index (χ0) is 11.2. The fourth-order valence-corrected chi connectivity index (χ4v) is 4.46. The molecule has 15 heavy (non-hydrogen) atoms. The van der Waals surface area contributed by atoms with Crippen molar-refractivity contribution in [3.8, 4) is 0 Å². The van der Waals surface area contributed by atoms with Gasteiger partial charge in [0.25, 0.3) is 0 Å². The second-order valence-corrected chi connectivity index (χ2v) is 6.17. The van der Waals surface area contributed by atoms with E-state index < -0.39 is 15.8 Å². The lowest BCUT2D eigenvalue weighted by Crippen LogP contribution is -1.99. The van der Waals surface area contributed by atoms with Crippen molar-refractivity contribution >= 4 is 33.2 Å². The minimum Gasteiger partial charge on any atom is -0.477 e. The first-order chi connectivity index (χ1) is 6.96. The van der Waals surface area contributed by atoms with Crippen LogP contribution >= 0.6 is 11.3 Å². The molecule has 0 fully saturated rings. The highest BCUT2D eigenvalue weighted by Crippen LogP contribution is 2.39. The van der Waals surface area contributed by atoms with Crippen molar-refractivity contribution in [3.63, 3.8) is 0 Å². The number of fused-ring (bicyclic) bond motifs is 1. The maximum atomic E-state index is 11.8. The van der Waals surface area contributed by atoms with Crippen molar-refractivity contribution in [2.45, 2.75) is 18.2 Å². The van der Waals surface area contributed by atoms with E-state index >= 15 is 0 Å². The Kier molecular flexibility index (Phi) is 2.20. The van der Waals surface area contributed by atoms with Crippen LogP contribution in [-0.4, -0.2) is 19.5 Å². The van der Waals surface area contributed by atoms with Crippen LogP contribution < -0.4 is 0 Å². The normalized spacial score (nSPS) is 17.3. The molecule has 6 heteroatoms. The van der Waals surface area contributed by atoms with Crippen LogP contribution in [0.3, 0.4) is 0 Å². The smallest absolute Gasteiger partial charge is 0.345 e. The van der Waals surface area contributed by atoms with Gasteiger partial charge in [-0.15, -0.1) is 11.3 Å². The average Bonchev–Trinajstić information content (AvgIpc) is 2.65. The molecule has 1 aromatic heterocycles. The van der Waals surface area contributed by atoms with Gasteiger partial charge in [0.15, 0.2) is 0 Å². The van der Waals surface area contributed by atoms with E-state index in [1.165, 1.54) is 6.07 Å². The number of carboxylic acid groups (broad SMARTS) is 1. The Morgan fingerprint density at radius 3 is 2.67 bits per heavy atom. The molecule has 0 saturated heterocycles. The van der Waals surface area contributed by atoms with Crippen LogP contribution in [0.25, 0.3) is 6.08 Å². The van der Waals surface area contributed by atoms with Crippen LogP contribution in [0.4, 0.5) is 0 Å². The average molecular weight is 244 g/mol. The van der Waals surface area contributed by atoms with Crippen LogP contribution in [0.15, 0.2) is 15.9 Å². The molecule has 4 nitrogen and oxygen atoms in total. The van der Waals surface area contributed by atoms with Crippen molar-refractivity contribution in [2.75, 3.05) is 0 Å². The number of thiophene rings is 1. The molecule has 0 aromatic carbocycles. The van der Waals surface area contributed by atoms with Gasteiger partial charge in [0.2, 0.25) is 9.84 Å².